The first-order valence-corrected chi connectivity index (χ1v) is 8.72. The zero-order valence-corrected chi connectivity index (χ0v) is 16.6. The van der Waals surface area contributed by atoms with Crippen molar-refractivity contribution in [1.82, 2.24) is 10.3 Å². The topological polar surface area (TPSA) is 110 Å². The molecule has 2 amide bonds. The Bertz CT molecular complexity index is 882. The third-order valence-electron chi connectivity index (χ3n) is 4.15. The third-order valence-corrected chi connectivity index (χ3v) is 4.15. The zero-order chi connectivity index (χ0) is 20.8. The minimum Gasteiger partial charge on any atom is -0.507 e. The number of aryl methyl sites for hydroxylation is 2. The average Bonchev–Trinajstić information content (AvgIpc) is 2.63. The molecule has 0 saturated carbocycles. The lowest BCUT2D eigenvalue weighted by molar-refractivity contribution is 0.0903. The van der Waals surface area contributed by atoms with Crippen LogP contribution in [0.5, 0.6) is 11.5 Å². The predicted molar refractivity (Wildman–Crippen MR) is 105 cm³/mol. The van der Waals surface area contributed by atoms with Gasteiger partial charge in [-0.25, -0.2) is 4.98 Å². The molecule has 2 rings (SSSR count). The molecular weight excluding hydrogens is 362 g/mol. The first-order chi connectivity index (χ1) is 13.3. The number of rotatable bonds is 7. The molecule has 1 atom stereocenters. The number of nitrogens with zero attached hydrogens (tertiary/aromatic N) is 1. The molecular formula is C20H25N3O5. The van der Waals surface area contributed by atoms with E-state index in [-0.39, 0.29) is 22.9 Å². The molecule has 1 unspecified atom stereocenters. The molecule has 0 aliphatic rings. The number of benzene rings is 1. The number of hydrogen-bond donors (Lipinski definition) is 3. The molecule has 0 bridgehead atoms. The fourth-order valence-corrected chi connectivity index (χ4v) is 2.68. The number of pyridine rings is 1. The number of nitrogens with one attached hydrogen (secondary N) is 2. The number of ether oxygens (including phenoxy) is 2. The minimum atomic E-state index is -0.491. The summed E-state index contributed by atoms with van der Waals surface area (Å²) in [5, 5.41) is 15.6. The van der Waals surface area contributed by atoms with Crippen molar-refractivity contribution in [2.45, 2.75) is 26.8 Å². The molecule has 0 saturated heterocycles. The van der Waals surface area contributed by atoms with Gasteiger partial charge in [0.1, 0.15) is 17.3 Å². The van der Waals surface area contributed by atoms with Crippen molar-refractivity contribution in [2.24, 2.45) is 0 Å². The lowest BCUT2D eigenvalue weighted by atomic mass is 10.0. The first kappa shape index (κ1) is 21.2. The second-order valence-corrected chi connectivity index (χ2v) is 6.51. The van der Waals surface area contributed by atoms with E-state index in [1.165, 1.54) is 32.5 Å². The molecule has 1 aromatic heterocycles. The van der Waals surface area contributed by atoms with E-state index in [0.717, 1.165) is 5.56 Å². The van der Waals surface area contributed by atoms with Crippen LogP contribution in [0, 0.1) is 13.8 Å². The van der Waals surface area contributed by atoms with Gasteiger partial charge in [-0.2, -0.15) is 0 Å². The number of carbonyl (C=O) groups is 2. The van der Waals surface area contributed by atoms with E-state index in [9.17, 15) is 14.7 Å². The lowest BCUT2D eigenvalue weighted by Gasteiger charge is -2.15. The van der Waals surface area contributed by atoms with Crippen LogP contribution < -0.4 is 15.4 Å². The van der Waals surface area contributed by atoms with Gasteiger partial charge in [-0.05, 0) is 50.1 Å². The van der Waals surface area contributed by atoms with Crippen molar-refractivity contribution < 1.29 is 24.2 Å². The highest BCUT2D eigenvalue weighted by molar-refractivity contribution is 6.07. The van der Waals surface area contributed by atoms with Gasteiger partial charge in [-0.3, -0.25) is 9.59 Å². The molecule has 0 aliphatic heterocycles. The van der Waals surface area contributed by atoms with E-state index in [1.807, 2.05) is 0 Å². The molecule has 8 heteroatoms. The number of amides is 2. The normalized spacial score (nSPS) is 11.6. The van der Waals surface area contributed by atoms with Crippen molar-refractivity contribution in [3.05, 3.63) is 46.6 Å². The Morgan fingerprint density at radius 3 is 2.43 bits per heavy atom. The summed E-state index contributed by atoms with van der Waals surface area (Å²) in [7, 11) is 3.07. The Hall–Kier alpha value is -3.13. The van der Waals surface area contributed by atoms with Gasteiger partial charge in [-0.1, -0.05) is 0 Å². The van der Waals surface area contributed by atoms with Crippen LogP contribution in [0.15, 0.2) is 24.4 Å². The summed E-state index contributed by atoms with van der Waals surface area (Å²) in [6.07, 6.45) is 1.50. The van der Waals surface area contributed by atoms with E-state index in [4.69, 9.17) is 9.47 Å². The number of hydrogen-bond acceptors (Lipinski definition) is 6. The number of anilines is 1. The monoisotopic (exact) mass is 387 g/mol. The molecule has 0 spiro atoms. The Morgan fingerprint density at radius 1 is 1.11 bits per heavy atom. The third kappa shape index (κ3) is 4.98. The maximum atomic E-state index is 12.7. The van der Waals surface area contributed by atoms with Crippen molar-refractivity contribution in [3.8, 4) is 11.5 Å². The molecule has 8 nitrogen and oxygen atoms in total. The summed E-state index contributed by atoms with van der Waals surface area (Å²) in [6.45, 7) is 5.58. The number of carbonyl (C=O) groups excluding carboxylic acids is 2. The van der Waals surface area contributed by atoms with Gasteiger partial charge < -0.3 is 25.2 Å². The summed E-state index contributed by atoms with van der Waals surface area (Å²) >= 11 is 0. The first-order valence-electron chi connectivity index (χ1n) is 8.72. The van der Waals surface area contributed by atoms with Crippen LogP contribution in [0.1, 0.15) is 38.8 Å². The Labute approximate surface area is 163 Å². The van der Waals surface area contributed by atoms with Crippen LogP contribution in [0.4, 0.5) is 5.82 Å². The summed E-state index contributed by atoms with van der Waals surface area (Å²) in [5.74, 6) is -0.152. The fraction of sp³-hybridized carbons (Fsp3) is 0.350. The largest absolute Gasteiger partial charge is 0.507 e. The quantitative estimate of drug-likeness (QED) is 0.673. The van der Waals surface area contributed by atoms with E-state index in [0.29, 0.717) is 23.7 Å². The molecule has 150 valence electrons. The molecule has 2 aromatic rings. The van der Waals surface area contributed by atoms with Crippen LogP contribution in [-0.2, 0) is 4.74 Å². The summed E-state index contributed by atoms with van der Waals surface area (Å²) in [6, 6.07) is 4.26. The average molecular weight is 387 g/mol. The van der Waals surface area contributed by atoms with Gasteiger partial charge >= 0.3 is 0 Å². The molecule has 0 fully saturated rings. The molecule has 1 heterocycles. The molecule has 28 heavy (non-hydrogen) atoms. The maximum absolute atomic E-state index is 12.7. The minimum absolute atomic E-state index is 0.0121. The van der Waals surface area contributed by atoms with Gasteiger partial charge in [-0.15, -0.1) is 0 Å². The highest BCUT2D eigenvalue weighted by Gasteiger charge is 2.20. The van der Waals surface area contributed by atoms with Gasteiger partial charge in [0, 0.05) is 18.7 Å². The van der Waals surface area contributed by atoms with E-state index in [1.54, 1.807) is 26.8 Å². The maximum Gasteiger partial charge on any atom is 0.257 e. The number of methoxy groups -OCH3 is 2. The second-order valence-electron chi connectivity index (χ2n) is 6.51. The summed E-state index contributed by atoms with van der Waals surface area (Å²) in [4.78, 5) is 29.4. The molecule has 3 N–H and O–H groups in total. The standard InChI is InChI=1S/C20H25N3O5/c1-11-7-17(24)16(20(26)22-13(3)10-27-4)8-15(11)19(25)23-18-12(2)6-14(28-5)9-21-18/h6-9,13,24H,10H2,1-5H3,(H,22,26)(H,21,23,25). The smallest absolute Gasteiger partial charge is 0.257 e. The van der Waals surface area contributed by atoms with Crippen molar-refractivity contribution in [1.29, 1.82) is 0 Å². The van der Waals surface area contributed by atoms with Gasteiger partial charge in [0.25, 0.3) is 11.8 Å². The summed E-state index contributed by atoms with van der Waals surface area (Å²) in [5.41, 5.74) is 1.54. The van der Waals surface area contributed by atoms with E-state index >= 15 is 0 Å². The Balaban J connectivity index is 2.27. The van der Waals surface area contributed by atoms with Crippen LogP contribution in [-0.4, -0.2) is 48.8 Å². The SMILES string of the molecule is COCC(C)NC(=O)c1cc(C(=O)Nc2ncc(OC)cc2C)c(C)cc1O. The second kappa shape index (κ2) is 9.18. The van der Waals surface area contributed by atoms with Crippen molar-refractivity contribution in [3.63, 3.8) is 0 Å². The van der Waals surface area contributed by atoms with Gasteiger partial charge in [0.2, 0.25) is 0 Å². The number of phenolic OH excluding ortho intramolecular Hbond substituents is 1. The number of phenols is 1. The van der Waals surface area contributed by atoms with E-state index in [2.05, 4.69) is 15.6 Å². The Morgan fingerprint density at radius 2 is 1.82 bits per heavy atom. The summed E-state index contributed by atoms with van der Waals surface area (Å²) < 4.78 is 10.1. The number of aromatic nitrogens is 1. The fourth-order valence-electron chi connectivity index (χ4n) is 2.68. The Kier molecular flexibility index (Phi) is 6.94. The zero-order valence-electron chi connectivity index (χ0n) is 16.6. The van der Waals surface area contributed by atoms with Gasteiger partial charge in [0.15, 0.2) is 0 Å². The van der Waals surface area contributed by atoms with Crippen LogP contribution in [0.3, 0.4) is 0 Å². The van der Waals surface area contributed by atoms with Crippen molar-refractivity contribution >= 4 is 17.6 Å². The molecule has 0 aliphatic carbocycles. The number of aromatic hydroxyl groups is 1. The molecule has 1 aromatic carbocycles. The van der Waals surface area contributed by atoms with Crippen LogP contribution in [0.25, 0.3) is 0 Å². The predicted octanol–water partition coefficient (Wildman–Crippen LogP) is 2.43. The lowest BCUT2D eigenvalue weighted by Crippen LogP contribution is -2.35. The van der Waals surface area contributed by atoms with Crippen molar-refractivity contribution in [2.75, 3.05) is 26.1 Å². The highest BCUT2D eigenvalue weighted by Crippen LogP contribution is 2.24. The highest BCUT2D eigenvalue weighted by atomic mass is 16.5. The van der Waals surface area contributed by atoms with Crippen LogP contribution >= 0.6 is 0 Å². The van der Waals surface area contributed by atoms with Crippen LogP contribution in [0.2, 0.25) is 0 Å². The molecule has 0 radical (unpaired) electrons. The van der Waals surface area contributed by atoms with E-state index < -0.39 is 11.8 Å². The van der Waals surface area contributed by atoms with Gasteiger partial charge in [0.05, 0.1) is 25.5 Å².